The van der Waals surface area contributed by atoms with Crippen LogP contribution >= 0.6 is 0 Å². The second-order valence-corrected chi connectivity index (χ2v) is 4.65. The van der Waals surface area contributed by atoms with Gasteiger partial charge in [-0.15, -0.1) is 0 Å². The van der Waals surface area contributed by atoms with E-state index in [9.17, 15) is 0 Å². The summed E-state index contributed by atoms with van der Waals surface area (Å²) in [5.74, 6) is 0.872. The molecule has 0 radical (unpaired) electrons. The molecule has 2 heterocycles. The molecule has 3 heteroatoms. The summed E-state index contributed by atoms with van der Waals surface area (Å²) >= 11 is 0. The molecule has 2 N–H and O–H groups in total. The van der Waals surface area contributed by atoms with E-state index in [0.29, 0.717) is 6.61 Å². The Morgan fingerprint density at radius 2 is 1.79 bits per heavy atom. The van der Waals surface area contributed by atoms with Gasteiger partial charge in [0.15, 0.2) is 0 Å². The highest BCUT2D eigenvalue weighted by Crippen LogP contribution is 2.40. The van der Waals surface area contributed by atoms with Crippen molar-refractivity contribution < 1.29 is 4.74 Å². The van der Waals surface area contributed by atoms with Gasteiger partial charge in [-0.25, -0.2) is 4.98 Å². The molecule has 0 fully saturated rings. The Morgan fingerprint density at radius 1 is 1.00 bits per heavy atom. The third kappa shape index (κ3) is 1.41. The van der Waals surface area contributed by atoms with Gasteiger partial charge in [-0.1, -0.05) is 30.3 Å². The van der Waals surface area contributed by atoms with Gasteiger partial charge in [0.1, 0.15) is 12.4 Å². The molecule has 92 valence electrons. The van der Waals surface area contributed by atoms with Crippen molar-refractivity contribution in [3.63, 3.8) is 0 Å². The zero-order chi connectivity index (χ0) is 12.8. The van der Waals surface area contributed by atoms with Crippen LogP contribution in [0.25, 0.3) is 22.2 Å². The summed E-state index contributed by atoms with van der Waals surface area (Å²) in [5, 5.41) is 0.990. The number of ether oxygens (including phenoxy) is 1. The third-order valence-corrected chi connectivity index (χ3v) is 3.55. The van der Waals surface area contributed by atoms with Crippen LogP contribution in [-0.2, 0) is 6.61 Å². The lowest BCUT2D eigenvalue weighted by Crippen LogP contribution is -2.10. The van der Waals surface area contributed by atoms with E-state index in [2.05, 4.69) is 0 Å². The lowest BCUT2D eigenvalue weighted by molar-refractivity contribution is 0.302. The Morgan fingerprint density at radius 3 is 2.74 bits per heavy atom. The maximum atomic E-state index is 6.28. The van der Waals surface area contributed by atoms with Gasteiger partial charge in [-0.2, -0.15) is 0 Å². The lowest BCUT2D eigenvalue weighted by Gasteiger charge is -2.22. The van der Waals surface area contributed by atoms with E-state index in [0.717, 1.165) is 39.2 Å². The fourth-order valence-corrected chi connectivity index (χ4v) is 2.58. The predicted octanol–water partition coefficient (Wildman–Crippen LogP) is 3.38. The van der Waals surface area contributed by atoms with Gasteiger partial charge in [-0.3, -0.25) is 0 Å². The molecule has 0 spiro atoms. The predicted molar refractivity (Wildman–Crippen MR) is 75.9 cm³/mol. The second kappa shape index (κ2) is 3.72. The zero-order valence-electron chi connectivity index (χ0n) is 10.3. The van der Waals surface area contributed by atoms with Crippen LogP contribution in [0.15, 0.2) is 48.5 Å². The van der Waals surface area contributed by atoms with Crippen molar-refractivity contribution >= 4 is 16.6 Å². The van der Waals surface area contributed by atoms with Crippen molar-refractivity contribution in [3.8, 4) is 17.0 Å². The minimum absolute atomic E-state index is 0.482. The highest BCUT2D eigenvalue weighted by molar-refractivity contribution is 5.96. The Labute approximate surface area is 110 Å². The quantitative estimate of drug-likeness (QED) is 0.663. The number of hydrogen-bond acceptors (Lipinski definition) is 3. The Hall–Kier alpha value is -2.55. The number of hydrogen-bond donors (Lipinski definition) is 1. The molecular weight excluding hydrogens is 236 g/mol. The Kier molecular flexibility index (Phi) is 2.03. The van der Waals surface area contributed by atoms with Gasteiger partial charge < -0.3 is 10.5 Å². The molecule has 1 aliphatic rings. The molecule has 0 amide bonds. The Balaban J connectivity index is 2.11. The minimum atomic E-state index is 0.482. The first kappa shape index (κ1) is 10.4. The number of nitrogens with two attached hydrogens (primary N) is 1. The minimum Gasteiger partial charge on any atom is -0.488 e. The van der Waals surface area contributed by atoms with Crippen LogP contribution in [0.1, 0.15) is 5.56 Å². The first-order valence-electron chi connectivity index (χ1n) is 6.24. The highest BCUT2D eigenvalue weighted by atomic mass is 16.5. The molecule has 1 aliphatic heterocycles. The molecule has 0 saturated heterocycles. The number of para-hydroxylation sites is 2. The first-order valence-corrected chi connectivity index (χ1v) is 6.24. The van der Waals surface area contributed by atoms with E-state index in [4.69, 9.17) is 15.5 Å². The molecule has 2 aromatic carbocycles. The normalized spacial score (nSPS) is 12.6. The molecule has 0 aliphatic carbocycles. The number of aromatic nitrogens is 1. The number of anilines is 1. The second-order valence-electron chi connectivity index (χ2n) is 4.65. The van der Waals surface area contributed by atoms with Crippen LogP contribution in [0.4, 0.5) is 5.69 Å². The van der Waals surface area contributed by atoms with Gasteiger partial charge in [0.2, 0.25) is 0 Å². The number of pyridine rings is 1. The van der Waals surface area contributed by atoms with Crippen LogP contribution in [0.5, 0.6) is 5.75 Å². The molecule has 0 unspecified atom stereocenters. The van der Waals surface area contributed by atoms with Gasteiger partial charge in [-0.05, 0) is 18.2 Å². The van der Waals surface area contributed by atoms with E-state index in [1.807, 2.05) is 48.5 Å². The molecule has 0 bridgehead atoms. The van der Waals surface area contributed by atoms with Gasteiger partial charge >= 0.3 is 0 Å². The molecule has 3 nitrogen and oxygen atoms in total. The summed E-state index contributed by atoms with van der Waals surface area (Å²) in [4.78, 5) is 4.76. The molecule has 3 aromatic rings. The van der Waals surface area contributed by atoms with Crippen LogP contribution in [0.2, 0.25) is 0 Å². The van der Waals surface area contributed by atoms with E-state index >= 15 is 0 Å². The number of fused-ring (bicyclic) bond motifs is 4. The van der Waals surface area contributed by atoms with Crippen LogP contribution in [-0.4, -0.2) is 4.98 Å². The first-order chi connectivity index (χ1) is 9.34. The fourth-order valence-electron chi connectivity index (χ4n) is 2.58. The summed E-state index contributed by atoms with van der Waals surface area (Å²) in [7, 11) is 0. The summed E-state index contributed by atoms with van der Waals surface area (Å²) in [6, 6.07) is 15.9. The number of nitrogen functional groups attached to an aromatic ring is 1. The topological polar surface area (TPSA) is 48.1 Å². The van der Waals surface area contributed by atoms with Crippen molar-refractivity contribution in [2.45, 2.75) is 6.61 Å². The average molecular weight is 248 g/mol. The Bertz CT molecular complexity index is 796. The van der Waals surface area contributed by atoms with Crippen LogP contribution in [0, 0.1) is 0 Å². The van der Waals surface area contributed by atoms with Crippen molar-refractivity contribution in [2.75, 3.05) is 5.73 Å². The summed E-state index contributed by atoms with van der Waals surface area (Å²) < 4.78 is 5.76. The third-order valence-electron chi connectivity index (χ3n) is 3.55. The maximum Gasteiger partial charge on any atom is 0.129 e. The van der Waals surface area contributed by atoms with Gasteiger partial charge in [0, 0.05) is 22.2 Å². The van der Waals surface area contributed by atoms with E-state index in [-0.39, 0.29) is 0 Å². The van der Waals surface area contributed by atoms with Gasteiger partial charge in [0.05, 0.1) is 11.2 Å². The summed E-state index contributed by atoms with van der Waals surface area (Å²) in [5.41, 5.74) is 10.9. The van der Waals surface area contributed by atoms with Crippen LogP contribution in [0.3, 0.4) is 0 Å². The van der Waals surface area contributed by atoms with Gasteiger partial charge in [0.25, 0.3) is 0 Å². The van der Waals surface area contributed by atoms with E-state index < -0.39 is 0 Å². The van der Waals surface area contributed by atoms with Crippen molar-refractivity contribution in [2.24, 2.45) is 0 Å². The highest BCUT2D eigenvalue weighted by Gasteiger charge is 2.21. The molecule has 19 heavy (non-hydrogen) atoms. The molecular formula is C16H12N2O. The number of nitrogens with zero attached hydrogens (tertiary/aromatic N) is 1. The van der Waals surface area contributed by atoms with Crippen molar-refractivity contribution in [3.05, 3.63) is 54.1 Å². The van der Waals surface area contributed by atoms with Crippen molar-refractivity contribution in [1.82, 2.24) is 4.98 Å². The van der Waals surface area contributed by atoms with E-state index in [1.165, 1.54) is 0 Å². The summed E-state index contributed by atoms with van der Waals surface area (Å²) in [6.07, 6.45) is 0. The summed E-state index contributed by atoms with van der Waals surface area (Å²) in [6.45, 7) is 0.482. The van der Waals surface area contributed by atoms with Crippen LogP contribution < -0.4 is 10.5 Å². The standard InChI is InChI=1S/C16H12N2O/c17-15-10-5-1-3-7-13(10)18-16-11-6-2-4-8-14(11)19-9-12(15)16/h1-8H,9H2,(H2,17,18). The zero-order valence-corrected chi connectivity index (χ0v) is 10.3. The molecule has 1 aromatic heterocycles. The number of rotatable bonds is 0. The average Bonchev–Trinajstić information content (AvgIpc) is 2.47. The van der Waals surface area contributed by atoms with E-state index in [1.54, 1.807) is 0 Å². The lowest BCUT2D eigenvalue weighted by atomic mass is 9.99. The van der Waals surface area contributed by atoms with Crippen molar-refractivity contribution in [1.29, 1.82) is 0 Å². The SMILES string of the molecule is Nc1c2c(nc3ccccc13)-c1ccccc1OC2. The molecule has 0 saturated carbocycles. The fraction of sp³-hybridized carbons (Fsp3) is 0.0625. The monoisotopic (exact) mass is 248 g/mol. The number of benzene rings is 2. The maximum absolute atomic E-state index is 6.28. The molecule has 0 atom stereocenters. The smallest absolute Gasteiger partial charge is 0.129 e. The largest absolute Gasteiger partial charge is 0.488 e. The molecule has 4 rings (SSSR count).